The summed E-state index contributed by atoms with van der Waals surface area (Å²) in [5.41, 5.74) is 3.54. The highest BCUT2D eigenvalue weighted by molar-refractivity contribution is 5.65. The SMILES string of the molecule is Cc1ccccc1-c1cnc(N(C)C2CCN(C)CC2)nc1. The number of anilines is 1. The lowest BCUT2D eigenvalue weighted by atomic mass is 10.0. The van der Waals surface area contributed by atoms with E-state index < -0.39 is 0 Å². The van der Waals surface area contributed by atoms with E-state index in [9.17, 15) is 0 Å². The van der Waals surface area contributed by atoms with Crippen LogP contribution in [0, 0.1) is 6.92 Å². The van der Waals surface area contributed by atoms with Gasteiger partial charge in [-0.1, -0.05) is 24.3 Å². The molecule has 0 amide bonds. The molecule has 1 aromatic carbocycles. The zero-order valence-electron chi connectivity index (χ0n) is 13.7. The molecule has 0 unspecified atom stereocenters. The molecule has 0 bridgehead atoms. The number of hydrogen-bond donors (Lipinski definition) is 0. The second kappa shape index (κ2) is 6.44. The van der Waals surface area contributed by atoms with Gasteiger partial charge in [0, 0.05) is 31.0 Å². The molecule has 2 heterocycles. The molecule has 1 saturated heterocycles. The number of piperidine rings is 1. The lowest BCUT2D eigenvalue weighted by molar-refractivity contribution is 0.252. The van der Waals surface area contributed by atoms with Crippen molar-refractivity contribution in [1.29, 1.82) is 0 Å². The Balaban J connectivity index is 1.75. The molecule has 0 radical (unpaired) electrons. The molecule has 0 saturated carbocycles. The zero-order chi connectivity index (χ0) is 15.5. The highest BCUT2D eigenvalue weighted by Crippen LogP contribution is 2.23. The molecule has 1 aliphatic rings. The smallest absolute Gasteiger partial charge is 0.225 e. The second-order valence-electron chi connectivity index (χ2n) is 6.23. The number of rotatable bonds is 3. The fourth-order valence-electron chi connectivity index (χ4n) is 3.08. The molecule has 0 spiro atoms. The molecular weight excluding hydrogens is 272 g/mol. The number of aromatic nitrogens is 2. The van der Waals surface area contributed by atoms with E-state index in [0.717, 1.165) is 24.6 Å². The van der Waals surface area contributed by atoms with Gasteiger partial charge < -0.3 is 9.80 Å². The summed E-state index contributed by atoms with van der Waals surface area (Å²) in [5, 5.41) is 0. The highest BCUT2D eigenvalue weighted by Gasteiger charge is 2.22. The minimum Gasteiger partial charge on any atom is -0.341 e. The number of nitrogens with zero attached hydrogens (tertiary/aromatic N) is 4. The quantitative estimate of drug-likeness (QED) is 0.871. The van der Waals surface area contributed by atoms with Gasteiger partial charge in [0.1, 0.15) is 0 Å². The summed E-state index contributed by atoms with van der Waals surface area (Å²) in [7, 11) is 4.29. The Kier molecular flexibility index (Phi) is 4.39. The van der Waals surface area contributed by atoms with E-state index in [2.05, 4.69) is 65.1 Å². The van der Waals surface area contributed by atoms with E-state index in [1.54, 1.807) is 0 Å². The number of hydrogen-bond acceptors (Lipinski definition) is 4. The molecule has 0 atom stereocenters. The van der Waals surface area contributed by atoms with Crippen molar-refractivity contribution in [2.75, 3.05) is 32.1 Å². The first-order valence-corrected chi connectivity index (χ1v) is 7.94. The molecule has 4 nitrogen and oxygen atoms in total. The van der Waals surface area contributed by atoms with Crippen LogP contribution in [0.5, 0.6) is 0 Å². The monoisotopic (exact) mass is 296 g/mol. The van der Waals surface area contributed by atoms with Gasteiger partial charge in [0.05, 0.1) is 0 Å². The molecule has 3 rings (SSSR count). The fourth-order valence-corrected chi connectivity index (χ4v) is 3.08. The Labute approximate surface area is 132 Å². The van der Waals surface area contributed by atoms with Crippen LogP contribution in [-0.2, 0) is 0 Å². The fraction of sp³-hybridized carbons (Fsp3) is 0.444. The summed E-state index contributed by atoms with van der Waals surface area (Å²) >= 11 is 0. The summed E-state index contributed by atoms with van der Waals surface area (Å²) in [6.45, 7) is 4.42. The van der Waals surface area contributed by atoms with E-state index >= 15 is 0 Å². The van der Waals surface area contributed by atoms with Crippen molar-refractivity contribution in [1.82, 2.24) is 14.9 Å². The van der Waals surface area contributed by atoms with Gasteiger partial charge in [-0.05, 0) is 51.0 Å². The van der Waals surface area contributed by atoms with Gasteiger partial charge >= 0.3 is 0 Å². The van der Waals surface area contributed by atoms with Crippen molar-refractivity contribution in [3.05, 3.63) is 42.2 Å². The molecular formula is C18H24N4. The van der Waals surface area contributed by atoms with E-state index in [1.807, 2.05) is 12.4 Å². The van der Waals surface area contributed by atoms with Gasteiger partial charge in [-0.15, -0.1) is 0 Å². The van der Waals surface area contributed by atoms with Gasteiger partial charge in [0.2, 0.25) is 5.95 Å². The Morgan fingerprint density at radius 3 is 2.36 bits per heavy atom. The predicted molar refractivity (Wildman–Crippen MR) is 91.1 cm³/mol. The van der Waals surface area contributed by atoms with Gasteiger partial charge in [-0.2, -0.15) is 0 Å². The Hall–Kier alpha value is -1.94. The van der Waals surface area contributed by atoms with Crippen LogP contribution in [0.15, 0.2) is 36.7 Å². The lowest BCUT2D eigenvalue weighted by Crippen LogP contribution is -2.42. The minimum atomic E-state index is 0.542. The first-order valence-electron chi connectivity index (χ1n) is 7.94. The molecule has 22 heavy (non-hydrogen) atoms. The third kappa shape index (κ3) is 3.12. The van der Waals surface area contributed by atoms with Crippen LogP contribution in [0.1, 0.15) is 18.4 Å². The first kappa shape index (κ1) is 15.0. The number of benzene rings is 1. The van der Waals surface area contributed by atoms with Crippen LogP contribution in [0.25, 0.3) is 11.1 Å². The second-order valence-corrected chi connectivity index (χ2v) is 6.23. The normalized spacial score (nSPS) is 16.7. The molecule has 116 valence electrons. The van der Waals surface area contributed by atoms with Crippen molar-refractivity contribution in [2.45, 2.75) is 25.8 Å². The predicted octanol–water partition coefficient (Wildman–Crippen LogP) is 2.98. The maximum atomic E-state index is 4.59. The largest absolute Gasteiger partial charge is 0.341 e. The number of aryl methyl sites for hydroxylation is 1. The van der Waals surface area contributed by atoms with Crippen LogP contribution in [0.3, 0.4) is 0 Å². The van der Waals surface area contributed by atoms with Crippen LogP contribution in [0.2, 0.25) is 0 Å². The molecule has 0 N–H and O–H groups in total. The number of likely N-dealkylation sites (tertiary alicyclic amines) is 1. The topological polar surface area (TPSA) is 32.3 Å². The molecule has 1 aliphatic heterocycles. The summed E-state index contributed by atoms with van der Waals surface area (Å²) in [6.07, 6.45) is 6.23. The zero-order valence-corrected chi connectivity index (χ0v) is 13.7. The summed E-state index contributed by atoms with van der Waals surface area (Å²) in [5.74, 6) is 0.826. The van der Waals surface area contributed by atoms with Crippen molar-refractivity contribution in [3.63, 3.8) is 0 Å². The highest BCUT2D eigenvalue weighted by atomic mass is 15.3. The van der Waals surface area contributed by atoms with Gasteiger partial charge in [-0.25, -0.2) is 9.97 Å². The van der Waals surface area contributed by atoms with E-state index in [-0.39, 0.29) is 0 Å². The average Bonchev–Trinajstić information content (AvgIpc) is 2.56. The summed E-state index contributed by atoms with van der Waals surface area (Å²) in [4.78, 5) is 13.8. The Morgan fingerprint density at radius 2 is 1.73 bits per heavy atom. The maximum Gasteiger partial charge on any atom is 0.225 e. The molecule has 4 heteroatoms. The van der Waals surface area contributed by atoms with E-state index in [0.29, 0.717) is 6.04 Å². The minimum absolute atomic E-state index is 0.542. The molecule has 0 aliphatic carbocycles. The van der Waals surface area contributed by atoms with Crippen LogP contribution < -0.4 is 4.90 Å². The lowest BCUT2D eigenvalue weighted by Gasteiger charge is -2.35. The van der Waals surface area contributed by atoms with Crippen LogP contribution >= 0.6 is 0 Å². The van der Waals surface area contributed by atoms with Crippen molar-refractivity contribution in [3.8, 4) is 11.1 Å². The Bertz CT molecular complexity index is 615. The third-order valence-electron chi connectivity index (χ3n) is 4.65. The standard InChI is InChI=1S/C18H24N4/c1-14-6-4-5-7-17(14)15-12-19-18(20-13-15)22(3)16-8-10-21(2)11-9-16/h4-7,12-13,16H,8-11H2,1-3H3. The first-order chi connectivity index (χ1) is 10.6. The van der Waals surface area contributed by atoms with Crippen molar-refractivity contribution < 1.29 is 0 Å². The van der Waals surface area contributed by atoms with Gasteiger partial charge in [0.25, 0.3) is 0 Å². The van der Waals surface area contributed by atoms with E-state index in [1.165, 1.54) is 24.0 Å². The van der Waals surface area contributed by atoms with Gasteiger partial charge in [0.15, 0.2) is 0 Å². The molecule has 1 aromatic heterocycles. The van der Waals surface area contributed by atoms with Crippen molar-refractivity contribution in [2.24, 2.45) is 0 Å². The van der Waals surface area contributed by atoms with E-state index in [4.69, 9.17) is 0 Å². The van der Waals surface area contributed by atoms with Gasteiger partial charge in [-0.3, -0.25) is 0 Å². The van der Waals surface area contributed by atoms with Crippen LogP contribution in [0.4, 0.5) is 5.95 Å². The molecule has 1 fully saturated rings. The van der Waals surface area contributed by atoms with Crippen LogP contribution in [-0.4, -0.2) is 48.1 Å². The average molecular weight is 296 g/mol. The summed E-state index contributed by atoms with van der Waals surface area (Å²) in [6, 6.07) is 8.89. The summed E-state index contributed by atoms with van der Waals surface area (Å²) < 4.78 is 0. The van der Waals surface area contributed by atoms with Crippen molar-refractivity contribution >= 4 is 5.95 Å². The Morgan fingerprint density at radius 1 is 1.09 bits per heavy atom. The molecule has 2 aromatic rings. The third-order valence-corrected chi connectivity index (χ3v) is 4.65. The maximum absolute atomic E-state index is 4.59.